The van der Waals surface area contributed by atoms with Crippen LogP contribution in [-0.2, 0) is 0 Å². The Morgan fingerprint density at radius 1 is 1.35 bits per heavy atom. The summed E-state index contributed by atoms with van der Waals surface area (Å²) in [6.07, 6.45) is 3.22. The van der Waals surface area contributed by atoms with Crippen LogP contribution in [0.3, 0.4) is 0 Å². The highest BCUT2D eigenvalue weighted by atomic mass is 79.9. The van der Waals surface area contributed by atoms with Crippen LogP contribution in [-0.4, -0.2) is 39.7 Å². The molecule has 0 unspecified atom stereocenters. The Labute approximate surface area is 108 Å². The highest BCUT2D eigenvalue weighted by Crippen LogP contribution is 2.15. The molecule has 1 heterocycles. The molecule has 88 valence electrons. The van der Waals surface area contributed by atoms with Gasteiger partial charge in [0.2, 0.25) is 0 Å². The van der Waals surface area contributed by atoms with E-state index in [0.29, 0.717) is 17.6 Å². The number of hydrogen-bond donors (Lipinski definition) is 0. The van der Waals surface area contributed by atoms with Crippen molar-refractivity contribution in [1.82, 2.24) is 14.9 Å². The summed E-state index contributed by atoms with van der Waals surface area (Å²) in [5, 5.41) is 0.756. The van der Waals surface area contributed by atoms with Crippen LogP contribution in [0.1, 0.15) is 10.4 Å². The van der Waals surface area contributed by atoms with Gasteiger partial charge in [0, 0.05) is 31.3 Å². The van der Waals surface area contributed by atoms with Gasteiger partial charge in [0.1, 0.15) is 5.52 Å². The number of nitrogens with zero attached hydrogens (tertiary/aromatic N) is 3. The van der Waals surface area contributed by atoms with Crippen LogP contribution in [0, 0.1) is 0 Å². The maximum absolute atomic E-state index is 12.2. The van der Waals surface area contributed by atoms with E-state index in [1.807, 2.05) is 12.1 Å². The zero-order valence-electron chi connectivity index (χ0n) is 9.43. The molecule has 1 aromatic carbocycles. The number of fused-ring (bicyclic) bond motifs is 1. The molecule has 0 spiro atoms. The van der Waals surface area contributed by atoms with Crippen molar-refractivity contribution in [3.8, 4) is 0 Å². The molecular weight excluding hydrogens is 282 g/mol. The van der Waals surface area contributed by atoms with Gasteiger partial charge >= 0.3 is 0 Å². The van der Waals surface area contributed by atoms with Gasteiger partial charge in [-0.1, -0.05) is 22.0 Å². The molecule has 0 N–H and O–H groups in total. The molecule has 5 heteroatoms. The second-order valence-corrected chi connectivity index (χ2v) is 4.44. The van der Waals surface area contributed by atoms with Gasteiger partial charge in [0.05, 0.1) is 11.1 Å². The van der Waals surface area contributed by atoms with Crippen LogP contribution in [0.4, 0.5) is 0 Å². The molecule has 2 aromatic rings. The third-order valence-electron chi connectivity index (χ3n) is 2.50. The van der Waals surface area contributed by atoms with Crippen molar-refractivity contribution in [2.75, 3.05) is 18.9 Å². The van der Waals surface area contributed by atoms with Crippen molar-refractivity contribution in [1.29, 1.82) is 0 Å². The number of amides is 1. The van der Waals surface area contributed by atoms with Gasteiger partial charge in [-0.25, -0.2) is 0 Å². The summed E-state index contributed by atoms with van der Waals surface area (Å²) in [6, 6.07) is 5.46. The Kier molecular flexibility index (Phi) is 3.68. The third-order valence-corrected chi connectivity index (χ3v) is 2.85. The summed E-state index contributed by atoms with van der Waals surface area (Å²) in [5.74, 6) is -0.0319. The molecule has 0 aliphatic rings. The molecule has 1 aromatic heterocycles. The lowest BCUT2D eigenvalue weighted by Gasteiger charge is -2.16. The minimum Gasteiger partial charge on any atom is -0.341 e. The Hall–Kier alpha value is -1.49. The van der Waals surface area contributed by atoms with Crippen molar-refractivity contribution in [2.24, 2.45) is 0 Å². The molecule has 0 saturated carbocycles. The largest absolute Gasteiger partial charge is 0.341 e. The Balaban J connectivity index is 2.45. The first-order valence-corrected chi connectivity index (χ1v) is 6.37. The number of hydrogen-bond acceptors (Lipinski definition) is 3. The van der Waals surface area contributed by atoms with Crippen LogP contribution in [0.25, 0.3) is 11.0 Å². The lowest BCUT2D eigenvalue weighted by Crippen LogP contribution is -2.28. The van der Waals surface area contributed by atoms with E-state index in [-0.39, 0.29) is 5.91 Å². The van der Waals surface area contributed by atoms with E-state index in [0.717, 1.165) is 10.8 Å². The van der Waals surface area contributed by atoms with E-state index in [1.54, 1.807) is 30.4 Å². The van der Waals surface area contributed by atoms with E-state index >= 15 is 0 Å². The molecule has 0 saturated heterocycles. The minimum absolute atomic E-state index is 0.0319. The number of aromatic nitrogens is 2. The van der Waals surface area contributed by atoms with Crippen LogP contribution < -0.4 is 0 Å². The van der Waals surface area contributed by atoms with Gasteiger partial charge in [-0.3, -0.25) is 14.8 Å². The fourth-order valence-corrected chi connectivity index (χ4v) is 2.13. The van der Waals surface area contributed by atoms with Crippen LogP contribution in [0.5, 0.6) is 0 Å². The molecule has 0 aliphatic carbocycles. The van der Waals surface area contributed by atoms with Gasteiger partial charge in [0.25, 0.3) is 5.91 Å². The summed E-state index contributed by atoms with van der Waals surface area (Å²) in [6.45, 7) is 0.662. The standard InChI is InChI=1S/C12H12BrN3O/c1-16(8-5-13)12(17)9-3-2-4-10-11(9)15-7-6-14-10/h2-4,6-7H,5,8H2,1H3. The van der Waals surface area contributed by atoms with E-state index in [2.05, 4.69) is 25.9 Å². The molecule has 1 amide bonds. The zero-order chi connectivity index (χ0) is 12.3. The number of carbonyl (C=O) groups is 1. The predicted molar refractivity (Wildman–Crippen MR) is 70.3 cm³/mol. The fourth-order valence-electron chi connectivity index (χ4n) is 1.60. The minimum atomic E-state index is -0.0319. The topological polar surface area (TPSA) is 46.1 Å². The Morgan fingerprint density at radius 2 is 2.12 bits per heavy atom. The average molecular weight is 294 g/mol. The number of halogens is 1. The molecule has 17 heavy (non-hydrogen) atoms. The lowest BCUT2D eigenvalue weighted by molar-refractivity contribution is 0.0806. The lowest BCUT2D eigenvalue weighted by atomic mass is 10.1. The predicted octanol–water partition coefficient (Wildman–Crippen LogP) is 2.10. The van der Waals surface area contributed by atoms with Crippen LogP contribution >= 0.6 is 15.9 Å². The highest BCUT2D eigenvalue weighted by Gasteiger charge is 2.14. The Morgan fingerprint density at radius 3 is 2.88 bits per heavy atom. The molecule has 0 bridgehead atoms. The normalized spacial score (nSPS) is 10.5. The third kappa shape index (κ3) is 2.44. The second kappa shape index (κ2) is 5.23. The number of alkyl halides is 1. The number of benzene rings is 1. The molecule has 0 atom stereocenters. The number of para-hydroxylation sites is 1. The van der Waals surface area contributed by atoms with Crippen molar-refractivity contribution in [2.45, 2.75) is 0 Å². The maximum Gasteiger partial charge on any atom is 0.255 e. The maximum atomic E-state index is 12.2. The summed E-state index contributed by atoms with van der Waals surface area (Å²) in [4.78, 5) is 22.3. The van der Waals surface area contributed by atoms with Crippen molar-refractivity contribution in [3.05, 3.63) is 36.2 Å². The van der Waals surface area contributed by atoms with Crippen LogP contribution in [0.2, 0.25) is 0 Å². The van der Waals surface area contributed by atoms with Gasteiger partial charge in [-0.05, 0) is 12.1 Å². The first kappa shape index (κ1) is 12.0. The van der Waals surface area contributed by atoms with E-state index in [9.17, 15) is 4.79 Å². The number of rotatable bonds is 3. The van der Waals surface area contributed by atoms with E-state index < -0.39 is 0 Å². The summed E-state index contributed by atoms with van der Waals surface area (Å²) in [7, 11) is 1.78. The highest BCUT2D eigenvalue weighted by molar-refractivity contribution is 9.09. The first-order valence-electron chi connectivity index (χ1n) is 5.25. The number of carbonyl (C=O) groups excluding carboxylic acids is 1. The van der Waals surface area contributed by atoms with Crippen molar-refractivity contribution >= 4 is 32.9 Å². The zero-order valence-corrected chi connectivity index (χ0v) is 11.0. The van der Waals surface area contributed by atoms with E-state index in [4.69, 9.17) is 0 Å². The van der Waals surface area contributed by atoms with Gasteiger partial charge in [-0.2, -0.15) is 0 Å². The second-order valence-electron chi connectivity index (χ2n) is 3.65. The van der Waals surface area contributed by atoms with E-state index in [1.165, 1.54) is 0 Å². The average Bonchev–Trinajstić information content (AvgIpc) is 2.37. The van der Waals surface area contributed by atoms with Gasteiger partial charge in [-0.15, -0.1) is 0 Å². The van der Waals surface area contributed by atoms with Crippen LogP contribution in [0.15, 0.2) is 30.6 Å². The molecule has 2 rings (SSSR count). The summed E-state index contributed by atoms with van der Waals surface area (Å²) in [5.41, 5.74) is 1.99. The van der Waals surface area contributed by atoms with Gasteiger partial charge in [0.15, 0.2) is 0 Å². The van der Waals surface area contributed by atoms with Gasteiger partial charge < -0.3 is 4.90 Å². The van der Waals surface area contributed by atoms with Crippen molar-refractivity contribution in [3.63, 3.8) is 0 Å². The quantitative estimate of drug-likeness (QED) is 0.814. The first-order chi connectivity index (χ1) is 8.24. The molecular formula is C12H12BrN3O. The Bertz CT molecular complexity index is 539. The molecule has 4 nitrogen and oxygen atoms in total. The fraction of sp³-hybridized carbons (Fsp3) is 0.250. The molecule has 0 aliphatic heterocycles. The smallest absolute Gasteiger partial charge is 0.255 e. The SMILES string of the molecule is CN(CCBr)C(=O)c1cccc2nccnc12. The van der Waals surface area contributed by atoms with Crippen molar-refractivity contribution < 1.29 is 4.79 Å². The molecule has 0 radical (unpaired) electrons. The molecule has 0 fully saturated rings. The summed E-state index contributed by atoms with van der Waals surface area (Å²) < 4.78 is 0. The summed E-state index contributed by atoms with van der Waals surface area (Å²) >= 11 is 3.32. The monoisotopic (exact) mass is 293 g/mol.